The quantitative estimate of drug-likeness (QED) is 0.483. The van der Waals surface area contributed by atoms with Crippen LogP contribution in [-0.2, 0) is 0 Å². The molecule has 1 N–H and O–H groups in total. The van der Waals surface area contributed by atoms with Gasteiger partial charge in [0.05, 0.1) is 15.9 Å². The van der Waals surface area contributed by atoms with E-state index in [1.165, 1.54) is 50.5 Å². The largest absolute Gasteiger partial charge is 0.301 e. The lowest BCUT2D eigenvalue weighted by Gasteiger charge is -2.17. The number of hydrogen-bond acceptors (Lipinski definition) is 6. The minimum atomic E-state index is -0.678. The second-order valence-electron chi connectivity index (χ2n) is 5.39. The molecule has 0 spiro atoms. The minimum Gasteiger partial charge on any atom is -0.272 e. The standard InChI is InChI=1S/C15H18N4O4/c20-18(21)13-8-9-14(15(11-13)19(22)23)17-16-10-4-7-12-5-2-1-3-6-12/h4,7-12,17H,1-3,5-6H2/b7-4+,16-10+. The van der Waals surface area contributed by atoms with Gasteiger partial charge < -0.3 is 0 Å². The fourth-order valence-corrected chi connectivity index (χ4v) is 2.56. The zero-order valence-corrected chi connectivity index (χ0v) is 12.6. The molecule has 1 saturated carbocycles. The van der Waals surface area contributed by atoms with Crippen molar-refractivity contribution in [2.75, 3.05) is 5.43 Å². The van der Waals surface area contributed by atoms with E-state index in [4.69, 9.17) is 0 Å². The SMILES string of the molecule is O=[N+]([O-])c1ccc(N/N=C/C=C/C2CCCCC2)c([N+](=O)[O-])c1. The average molecular weight is 318 g/mol. The van der Waals surface area contributed by atoms with E-state index in [0.29, 0.717) is 5.92 Å². The number of nitro groups is 2. The van der Waals surface area contributed by atoms with Crippen molar-refractivity contribution in [3.8, 4) is 0 Å². The zero-order valence-electron chi connectivity index (χ0n) is 12.6. The maximum Gasteiger partial charge on any atom is 0.301 e. The summed E-state index contributed by atoms with van der Waals surface area (Å²) < 4.78 is 0. The lowest BCUT2D eigenvalue weighted by Crippen LogP contribution is -2.02. The van der Waals surface area contributed by atoms with Gasteiger partial charge in [-0.3, -0.25) is 25.7 Å². The second kappa shape index (κ2) is 8.02. The summed E-state index contributed by atoms with van der Waals surface area (Å²) in [4.78, 5) is 20.3. The first-order valence-corrected chi connectivity index (χ1v) is 7.46. The lowest BCUT2D eigenvalue weighted by atomic mass is 9.89. The number of nitrogens with zero attached hydrogens (tertiary/aromatic N) is 3. The Morgan fingerprint density at radius 1 is 1.13 bits per heavy atom. The van der Waals surface area contributed by atoms with Gasteiger partial charge in [0.25, 0.3) is 5.69 Å². The van der Waals surface area contributed by atoms with Crippen molar-refractivity contribution in [2.45, 2.75) is 32.1 Å². The van der Waals surface area contributed by atoms with Crippen LogP contribution in [0.3, 0.4) is 0 Å². The molecule has 8 heteroatoms. The highest BCUT2D eigenvalue weighted by molar-refractivity contribution is 5.73. The number of non-ortho nitro benzene ring substituents is 1. The van der Waals surface area contributed by atoms with Crippen LogP contribution >= 0.6 is 0 Å². The third kappa shape index (κ3) is 4.87. The van der Waals surface area contributed by atoms with E-state index in [0.717, 1.165) is 6.07 Å². The number of rotatable bonds is 6. The summed E-state index contributed by atoms with van der Waals surface area (Å²) in [6, 6.07) is 3.39. The van der Waals surface area contributed by atoms with Crippen molar-refractivity contribution in [1.29, 1.82) is 0 Å². The second-order valence-corrected chi connectivity index (χ2v) is 5.39. The normalized spacial score (nSPS) is 16.0. The van der Waals surface area contributed by atoms with Crippen LogP contribution in [0.25, 0.3) is 0 Å². The van der Waals surface area contributed by atoms with Crippen molar-refractivity contribution in [2.24, 2.45) is 11.0 Å². The molecule has 0 aromatic heterocycles. The van der Waals surface area contributed by atoms with Crippen LogP contribution < -0.4 is 5.43 Å². The number of hydrazone groups is 1. The van der Waals surface area contributed by atoms with Gasteiger partial charge in [0.15, 0.2) is 0 Å². The molecule has 1 aromatic rings. The molecule has 0 atom stereocenters. The fourth-order valence-electron chi connectivity index (χ4n) is 2.56. The molecular formula is C15H18N4O4. The number of nitrogens with one attached hydrogen (secondary N) is 1. The molecule has 1 aliphatic carbocycles. The predicted molar refractivity (Wildman–Crippen MR) is 87.6 cm³/mol. The molecule has 0 unspecified atom stereocenters. The van der Waals surface area contributed by atoms with Crippen molar-refractivity contribution in [3.05, 3.63) is 50.6 Å². The average Bonchev–Trinajstić information content (AvgIpc) is 2.55. The van der Waals surface area contributed by atoms with Gasteiger partial charge in [0.1, 0.15) is 5.69 Å². The molecule has 0 aliphatic heterocycles. The maximum atomic E-state index is 11.0. The van der Waals surface area contributed by atoms with Crippen molar-refractivity contribution < 1.29 is 9.85 Å². The summed E-state index contributed by atoms with van der Waals surface area (Å²) >= 11 is 0. The number of allylic oxidation sites excluding steroid dienone is 2. The molecule has 0 radical (unpaired) electrons. The lowest BCUT2D eigenvalue weighted by molar-refractivity contribution is -0.393. The first kappa shape index (κ1) is 16.6. The van der Waals surface area contributed by atoms with Crippen LogP contribution in [0.4, 0.5) is 17.1 Å². The summed E-state index contributed by atoms with van der Waals surface area (Å²) in [6.45, 7) is 0. The summed E-state index contributed by atoms with van der Waals surface area (Å²) in [5.74, 6) is 0.573. The van der Waals surface area contributed by atoms with E-state index < -0.39 is 9.85 Å². The molecule has 8 nitrogen and oxygen atoms in total. The molecule has 0 heterocycles. The van der Waals surface area contributed by atoms with Gasteiger partial charge in [-0.25, -0.2) is 0 Å². The first-order chi connectivity index (χ1) is 11.1. The third-order valence-electron chi connectivity index (χ3n) is 3.77. The van der Waals surface area contributed by atoms with Crippen LogP contribution in [0, 0.1) is 26.1 Å². The van der Waals surface area contributed by atoms with Crippen LogP contribution in [0.1, 0.15) is 32.1 Å². The number of anilines is 1. The summed E-state index contributed by atoms with van der Waals surface area (Å²) in [6.07, 6.45) is 11.6. The Morgan fingerprint density at radius 3 is 2.52 bits per heavy atom. The van der Waals surface area contributed by atoms with Crippen molar-refractivity contribution in [3.63, 3.8) is 0 Å². The molecule has 2 rings (SSSR count). The minimum absolute atomic E-state index is 0.114. The molecular weight excluding hydrogens is 300 g/mol. The third-order valence-corrected chi connectivity index (χ3v) is 3.77. The monoisotopic (exact) mass is 318 g/mol. The Hall–Kier alpha value is -2.77. The molecule has 0 saturated heterocycles. The molecule has 0 bridgehead atoms. The Bertz CT molecular complexity index is 636. The maximum absolute atomic E-state index is 11.0. The van der Waals surface area contributed by atoms with Gasteiger partial charge in [-0.1, -0.05) is 25.3 Å². The smallest absolute Gasteiger partial charge is 0.272 e. The Kier molecular flexibility index (Phi) is 5.79. The van der Waals surface area contributed by atoms with Crippen LogP contribution in [-0.4, -0.2) is 16.1 Å². The molecule has 0 amide bonds. The van der Waals surface area contributed by atoms with E-state index in [2.05, 4.69) is 16.6 Å². The van der Waals surface area contributed by atoms with Crippen molar-refractivity contribution >= 4 is 23.3 Å². The molecule has 1 fully saturated rings. The van der Waals surface area contributed by atoms with Crippen LogP contribution in [0.5, 0.6) is 0 Å². The van der Waals surface area contributed by atoms with Gasteiger partial charge >= 0.3 is 5.69 Å². The van der Waals surface area contributed by atoms with Crippen LogP contribution in [0.2, 0.25) is 0 Å². The molecule has 122 valence electrons. The van der Waals surface area contributed by atoms with Gasteiger partial charge in [-0.2, -0.15) is 5.10 Å². The zero-order chi connectivity index (χ0) is 16.7. The van der Waals surface area contributed by atoms with E-state index in [1.807, 2.05) is 6.08 Å². The number of nitro benzene ring substituents is 2. The first-order valence-electron chi connectivity index (χ1n) is 7.46. The van der Waals surface area contributed by atoms with E-state index in [1.54, 1.807) is 0 Å². The highest BCUT2D eigenvalue weighted by Crippen LogP contribution is 2.28. The topological polar surface area (TPSA) is 111 Å². The van der Waals surface area contributed by atoms with E-state index in [-0.39, 0.29) is 17.1 Å². The summed E-state index contributed by atoms with van der Waals surface area (Å²) in [7, 11) is 0. The van der Waals surface area contributed by atoms with Gasteiger partial charge in [-0.05, 0) is 30.9 Å². The van der Waals surface area contributed by atoms with Gasteiger partial charge in [0.2, 0.25) is 0 Å². The number of benzene rings is 1. The summed E-state index contributed by atoms with van der Waals surface area (Å²) in [5.41, 5.74) is 1.95. The highest BCUT2D eigenvalue weighted by atomic mass is 16.6. The van der Waals surface area contributed by atoms with E-state index >= 15 is 0 Å². The van der Waals surface area contributed by atoms with Crippen molar-refractivity contribution in [1.82, 2.24) is 0 Å². The van der Waals surface area contributed by atoms with Gasteiger partial charge in [0, 0.05) is 12.3 Å². The Labute approximate surface area is 133 Å². The summed E-state index contributed by atoms with van der Waals surface area (Å²) in [5, 5.41) is 25.5. The van der Waals surface area contributed by atoms with Gasteiger partial charge in [-0.15, -0.1) is 0 Å². The fraction of sp³-hybridized carbons (Fsp3) is 0.400. The molecule has 1 aliphatic rings. The number of hydrogen-bond donors (Lipinski definition) is 1. The van der Waals surface area contributed by atoms with E-state index in [9.17, 15) is 20.2 Å². The molecule has 23 heavy (non-hydrogen) atoms. The molecule has 1 aromatic carbocycles. The predicted octanol–water partition coefficient (Wildman–Crippen LogP) is 4.04. The Morgan fingerprint density at radius 2 is 1.87 bits per heavy atom. The Balaban J connectivity index is 1.99. The van der Waals surface area contributed by atoms with Crippen LogP contribution in [0.15, 0.2) is 35.5 Å². The highest BCUT2D eigenvalue weighted by Gasteiger charge is 2.18.